The van der Waals surface area contributed by atoms with E-state index in [-0.39, 0.29) is 6.42 Å². The zero-order valence-electron chi connectivity index (χ0n) is 11.2. The van der Waals surface area contributed by atoms with Crippen LogP contribution in [0.4, 0.5) is 0 Å². The third-order valence-electron chi connectivity index (χ3n) is 2.78. The topological polar surface area (TPSA) is 53.2 Å². The Bertz CT molecular complexity index is 189. The molecule has 0 rings (SSSR count). The summed E-state index contributed by atoms with van der Waals surface area (Å²) in [7, 11) is 0. The predicted octanol–water partition coefficient (Wildman–Crippen LogP) is 3.42. The lowest BCUT2D eigenvalue weighted by Crippen LogP contribution is -2.14. The first-order valence-corrected chi connectivity index (χ1v) is 6.94. The summed E-state index contributed by atoms with van der Waals surface area (Å²) >= 11 is 0. The van der Waals surface area contributed by atoms with Crippen LogP contribution in [0.25, 0.3) is 0 Å². The Labute approximate surface area is 106 Å². The van der Waals surface area contributed by atoms with Gasteiger partial charge in [0.25, 0.3) is 0 Å². The zero-order chi connectivity index (χ0) is 12.8. The number of nitriles is 1. The van der Waals surface area contributed by atoms with Gasteiger partial charge in [-0.2, -0.15) is 5.26 Å². The van der Waals surface area contributed by atoms with Crippen molar-refractivity contribution >= 4 is 0 Å². The first-order valence-electron chi connectivity index (χ1n) is 6.94. The largest absolute Gasteiger partial charge is 0.390 e. The fraction of sp³-hybridized carbons (Fsp3) is 0.929. The maximum atomic E-state index is 9.22. The van der Waals surface area contributed by atoms with Crippen LogP contribution in [0, 0.1) is 11.3 Å². The molecule has 0 saturated heterocycles. The van der Waals surface area contributed by atoms with E-state index in [0.717, 1.165) is 6.42 Å². The van der Waals surface area contributed by atoms with Gasteiger partial charge in [0.15, 0.2) is 0 Å². The van der Waals surface area contributed by atoms with Crippen molar-refractivity contribution in [2.45, 2.75) is 70.8 Å². The van der Waals surface area contributed by atoms with Crippen LogP contribution in [0.2, 0.25) is 0 Å². The van der Waals surface area contributed by atoms with Gasteiger partial charge in [-0.3, -0.25) is 0 Å². The number of ether oxygens (including phenoxy) is 1. The Balaban J connectivity index is 3.01. The van der Waals surface area contributed by atoms with Crippen LogP contribution < -0.4 is 0 Å². The highest BCUT2D eigenvalue weighted by Gasteiger charge is 2.02. The van der Waals surface area contributed by atoms with Gasteiger partial charge in [0.2, 0.25) is 0 Å². The molecule has 0 radical (unpaired) electrons. The SMILES string of the molecule is CCCCCCCCCCOCC(O)CC#N. The summed E-state index contributed by atoms with van der Waals surface area (Å²) in [6.07, 6.45) is 9.83. The average molecular weight is 241 g/mol. The zero-order valence-corrected chi connectivity index (χ0v) is 11.2. The maximum absolute atomic E-state index is 9.22. The number of hydrogen-bond acceptors (Lipinski definition) is 3. The molecule has 0 aliphatic rings. The van der Waals surface area contributed by atoms with E-state index in [1.807, 2.05) is 6.07 Å². The summed E-state index contributed by atoms with van der Waals surface area (Å²) in [5.41, 5.74) is 0. The standard InChI is InChI=1S/C14H27NO2/c1-2-3-4-5-6-7-8-9-12-17-13-14(16)10-11-15/h14,16H,2-10,12-13H2,1H3. The molecule has 100 valence electrons. The lowest BCUT2D eigenvalue weighted by molar-refractivity contribution is 0.0376. The van der Waals surface area contributed by atoms with E-state index in [4.69, 9.17) is 10.00 Å². The second-order valence-corrected chi connectivity index (χ2v) is 4.57. The maximum Gasteiger partial charge on any atom is 0.0903 e. The van der Waals surface area contributed by atoms with E-state index in [2.05, 4.69) is 6.92 Å². The molecular weight excluding hydrogens is 214 g/mol. The van der Waals surface area contributed by atoms with Crippen molar-refractivity contribution in [2.75, 3.05) is 13.2 Å². The summed E-state index contributed by atoms with van der Waals surface area (Å²) in [6, 6.07) is 1.92. The number of nitrogens with zero attached hydrogens (tertiary/aromatic N) is 1. The van der Waals surface area contributed by atoms with Crippen molar-refractivity contribution < 1.29 is 9.84 Å². The van der Waals surface area contributed by atoms with E-state index >= 15 is 0 Å². The molecule has 1 N–H and O–H groups in total. The molecule has 0 amide bonds. The monoisotopic (exact) mass is 241 g/mol. The number of rotatable bonds is 12. The highest BCUT2D eigenvalue weighted by Crippen LogP contribution is 2.08. The van der Waals surface area contributed by atoms with Crippen LogP contribution in [-0.4, -0.2) is 24.4 Å². The van der Waals surface area contributed by atoms with Crippen LogP contribution in [0.3, 0.4) is 0 Å². The summed E-state index contributed by atoms with van der Waals surface area (Å²) in [5.74, 6) is 0. The van der Waals surface area contributed by atoms with Gasteiger partial charge in [0, 0.05) is 6.61 Å². The molecule has 0 fully saturated rings. The van der Waals surface area contributed by atoms with Crippen molar-refractivity contribution in [3.05, 3.63) is 0 Å². The van der Waals surface area contributed by atoms with E-state index in [9.17, 15) is 5.11 Å². The quantitative estimate of drug-likeness (QED) is 0.533. The minimum Gasteiger partial charge on any atom is -0.390 e. The fourth-order valence-corrected chi connectivity index (χ4v) is 1.72. The van der Waals surface area contributed by atoms with E-state index in [1.54, 1.807) is 0 Å². The van der Waals surface area contributed by atoms with Crippen molar-refractivity contribution in [3.8, 4) is 6.07 Å². The molecule has 17 heavy (non-hydrogen) atoms. The van der Waals surface area contributed by atoms with Gasteiger partial charge in [-0.25, -0.2) is 0 Å². The van der Waals surface area contributed by atoms with Gasteiger partial charge in [0.1, 0.15) is 0 Å². The van der Waals surface area contributed by atoms with Crippen LogP contribution in [0.15, 0.2) is 0 Å². The Hall–Kier alpha value is -0.590. The first kappa shape index (κ1) is 16.4. The number of aliphatic hydroxyl groups is 1. The average Bonchev–Trinajstić information content (AvgIpc) is 2.32. The molecule has 0 aromatic heterocycles. The third-order valence-corrected chi connectivity index (χ3v) is 2.78. The molecule has 0 saturated carbocycles. The van der Waals surface area contributed by atoms with Gasteiger partial charge in [0.05, 0.1) is 25.2 Å². The fourth-order valence-electron chi connectivity index (χ4n) is 1.72. The van der Waals surface area contributed by atoms with Crippen LogP contribution in [0.5, 0.6) is 0 Å². The van der Waals surface area contributed by atoms with Crippen molar-refractivity contribution in [2.24, 2.45) is 0 Å². The Morgan fingerprint density at radius 3 is 2.24 bits per heavy atom. The molecule has 0 aliphatic heterocycles. The van der Waals surface area contributed by atoms with Gasteiger partial charge >= 0.3 is 0 Å². The van der Waals surface area contributed by atoms with Crippen molar-refractivity contribution in [3.63, 3.8) is 0 Å². The van der Waals surface area contributed by atoms with Gasteiger partial charge in [-0.05, 0) is 6.42 Å². The number of hydrogen-bond donors (Lipinski definition) is 1. The van der Waals surface area contributed by atoms with E-state index in [1.165, 1.54) is 44.9 Å². The lowest BCUT2D eigenvalue weighted by atomic mass is 10.1. The minimum absolute atomic E-state index is 0.164. The summed E-state index contributed by atoms with van der Waals surface area (Å²) in [4.78, 5) is 0. The van der Waals surface area contributed by atoms with Crippen LogP contribution in [0.1, 0.15) is 64.7 Å². The molecule has 1 unspecified atom stereocenters. The second kappa shape index (κ2) is 13.5. The highest BCUT2D eigenvalue weighted by atomic mass is 16.5. The summed E-state index contributed by atoms with van der Waals surface area (Å²) in [6.45, 7) is 3.24. The van der Waals surface area contributed by atoms with Crippen molar-refractivity contribution in [1.29, 1.82) is 5.26 Å². The van der Waals surface area contributed by atoms with Crippen molar-refractivity contribution in [1.82, 2.24) is 0 Å². The van der Waals surface area contributed by atoms with Gasteiger partial charge in [-0.15, -0.1) is 0 Å². The van der Waals surface area contributed by atoms with Gasteiger partial charge in [-0.1, -0.05) is 51.9 Å². The van der Waals surface area contributed by atoms with Crippen LogP contribution >= 0.6 is 0 Å². The molecule has 1 atom stereocenters. The molecule has 0 bridgehead atoms. The smallest absolute Gasteiger partial charge is 0.0903 e. The molecule has 0 aromatic carbocycles. The van der Waals surface area contributed by atoms with E-state index < -0.39 is 6.10 Å². The summed E-state index contributed by atoms with van der Waals surface area (Å²) in [5, 5.41) is 17.6. The van der Waals surface area contributed by atoms with E-state index in [0.29, 0.717) is 13.2 Å². The Morgan fingerprint density at radius 2 is 1.65 bits per heavy atom. The molecule has 0 spiro atoms. The number of unbranched alkanes of at least 4 members (excludes halogenated alkanes) is 7. The van der Waals surface area contributed by atoms with Crippen LogP contribution in [-0.2, 0) is 4.74 Å². The molecule has 0 heterocycles. The normalized spacial score (nSPS) is 12.3. The minimum atomic E-state index is -0.617. The first-order chi connectivity index (χ1) is 8.31. The Kier molecular flexibility index (Phi) is 13.0. The molecule has 3 heteroatoms. The molecule has 0 aliphatic carbocycles. The third kappa shape index (κ3) is 13.3. The Morgan fingerprint density at radius 1 is 1.06 bits per heavy atom. The lowest BCUT2D eigenvalue weighted by Gasteiger charge is -2.07. The highest BCUT2D eigenvalue weighted by molar-refractivity contribution is 4.74. The number of aliphatic hydroxyl groups excluding tert-OH is 1. The van der Waals surface area contributed by atoms with Gasteiger partial charge < -0.3 is 9.84 Å². The molecular formula is C14H27NO2. The second-order valence-electron chi connectivity index (χ2n) is 4.57. The molecule has 3 nitrogen and oxygen atoms in total. The molecule has 0 aromatic rings. The predicted molar refractivity (Wildman–Crippen MR) is 69.7 cm³/mol. The summed E-state index contributed by atoms with van der Waals surface area (Å²) < 4.78 is 5.29.